The van der Waals surface area contributed by atoms with Gasteiger partial charge in [-0.3, -0.25) is 48.5 Å². The quantitative estimate of drug-likeness (QED) is 0.0938. The smallest absolute Gasteiger partial charge is 0.332 e. The summed E-state index contributed by atoms with van der Waals surface area (Å²) in [5.41, 5.74) is 1.04. The highest BCUT2D eigenvalue weighted by molar-refractivity contribution is 6.02. The molecule has 0 aromatic heterocycles. The Morgan fingerprint density at radius 2 is 0.629 bits per heavy atom. The Kier molecular flexibility index (Phi) is 24.3. The SMILES string of the molecule is CC(C)N1Cc2c(cc(CN3CC4(CC4)C3)cc2C(F)(F)F)C1=O.CC(C)N1Cc2c(cc(CN3CC4C(C3)C4(F)F)cc2C(F)(F)F)C1=O.CC(C)N1Cc2c(cc(CN3CC4CC4C3)cc2C(F)(F)F)C1=O.CC(C)N1Cc2c(cc(CN3CCC(F)CC3)cc2C(F)(F)F)C1=O.CC(C)N1Cc2c(cc(CN3CCCC4CC43)cc2C(F)(F)F)C1=O. The Morgan fingerprint density at radius 1 is 0.347 bits per heavy atom. The zero-order valence-corrected chi connectivity index (χ0v) is 71.1. The number of fused-ring (bicyclic) bond motifs is 8. The number of alkyl halides is 18. The molecule has 124 heavy (non-hydrogen) atoms. The summed E-state index contributed by atoms with van der Waals surface area (Å²) >= 11 is 0. The minimum Gasteiger partial charge on any atom is -0.332 e. The van der Waals surface area contributed by atoms with Gasteiger partial charge in [-0.1, -0.05) is 0 Å². The van der Waals surface area contributed by atoms with Crippen LogP contribution in [-0.2, 0) is 96.3 Å². The molecule has 0 bridgehead atoms. The van der Waals surface area contributed by atoms with Crippen molar-refractivity contribution < 1.29 is 103 Å². The van der Waals surface area contributed by atoms with E-state index in [4.69, 9.17) is 0 Å². The number of carbonyl (C=O) groups is 5. The fraction of sp³-hybridized carbons (Fsp3) is 0.615. The first-order valence-electron chi connectivity index (χ1n) is 43.2. The highest BCUT2D eigenvalue weighted by Gasteiger charge is 2.71. The molecule has 9 fully saturated rings. The third-order valence-corrected chi connectivity index (χ3v) is 27.6. The van der Waals surface area contributed by atoms with Crippen LogP contribution >= 0.6 is 0 Å². The van der Waals surface area contributed by atoms with Crippen molar-refractivity contribution in [3.63, 3.8) is 0 Å². The topological polar surface area (TPSA) is 118 Å². The van der Waals surface area contributed by atoms with Crippen LogP contribution < -0.4 is 0 Å². The van der Waals surface area contributed by atoms with Crippen molar-refractivity contribution in [3.05, 3.63) is 172 Å². The van der Waals surface area contributed by atoms with Crippen LogP contribution in [0.4, 0.5) is 79.0 Å². The van der Waals surface area contributed by atoms with Crippen LogP contribution in [0.3, 0.4) is 0 Å². The molecule has 14 aliphatic rings. The summed E-state index contributed by atoms with van der Waals surface area (Å²) in [6.45, 7) is 26.3. The van der Waals surface area contributed by atoms with E-state index in [0.29, 0.717) is 91.4 Å². The Bertz CT molecular complexity index is 4930. The molecule has 0 N–H and O–H groups in total. The summed E-state index contributed by atoms with van der Waals surface area (Å²) < 4.78 is 243. The first-order valence-corrected chi connectivity index (χ1v) is 43.2. The van der Waals surface area contributed by atoms with Crippen molar-refractivity contribution in [3.8, 4) is 0 Å². The van der Waals surface area contributed by atoms with E-state index in [1.165, 1.54) is 74.4 Å². The Labute approximate surface area is 709 Å². The number of benzene rings is 5. The first-order chi connectivity index (χ1) is 57.8. The first kappa shape index (κ1) is 90.8. The minimum atomic E-state index is -4.56. The number of nitrogens with zero attached hydrogens (tertiary/aromatic N) is 10. The number of likely N-dealkylation sites (tertiary alicyclic amines) is 5. The number of halogens is 18. The van der Waals surface area contributed by atoms with Gasteiger partial charge in [0.2, 0.25) is 0 Å². The van der Waals surface area contributed by atoms with Crippen LogP contribution in [-0.4, -0.2) is 186 Å². The summed E-state index contributed by atoms with van der Waals surface area (Å²) in [6.07, 6.45) is -15.1. The van der Waals surface area contributed by atoms with Crippen molar-refractivity contribution >= 4 is 29.5 Å². The maximum absolute atomic E-state index is 13.6. The van der Waals surface area contributed by atoms with Gasteiger partial charge in [-0.25, -0.2) is 13.2 Å². The van der Waals surface area contributed by atoms with Crippen molar-refractivity contribution in [2.75, 3.05) is 58.9 Å². The van der Waals surface area contributed by atoms with Crippen molar-refractivity contribution in [1.29, 1.82) is 0 Å². The van der Waals surface area contributed by atoms with Gasteiger partial charge in [0.05, 0.1) is 27.8 Å². The summed E-state index contributed by atoms with van der Waals surface area (Å²) in [5.74, 6) is -3.39. The average Bonchev–Trinajstić information content (AvgIpc) is 1.55. The van der Waals surface area contributed by atoms with Gasteiger partial charge in [-0.2, -0.15) is 65.9 Å². The maximum atomic E-state index is 13.6. The molecule has 6 unspecified atom stereocenters. The fourth-order valence-corrected chi connectivity index (χ4v) is 20.3. The molecular formula is C91H106F18N10O5. The van der Waals surface area contributed by atoms with E-state index in [0.717, 1.165) is 75.5 Å². The lowest BCUT2D eigenvalue weighted by atomic mass is 9.94. The predicted molar refractivity (Wildman–Crippen MR) is 424 cm³/mol. The zero-order chi connectivity index (χ0) is 89.8. The van der Waals surface area contributed by atoms with Gasteiger partial charge in [0.25, 0.3) is 35.5 Å². The Hall–Kier alpha value is -8.01. The Balaban J connectivity index is 0.000000120. The number of hydrogen-bond donors (Lipinski definition) is 0. The molecule has 10 heterocycles. The molecule has 5 aromatic rings. The second-order valence-corrected chi connectivity index (χ2v) is 38.3. The second-order valence-electron chi connectivity index (χ2n) is 38.3. The number of rotatable bonds is 15. The molecule has 10 aliphatic heterocycles. The summed E-state index contributed by atoms with van der Waals surface area (Å²) in [5, 5.41) is 0. The monoisotopic (exact) mass is 1760 g/mol. The number of carbonyl (C=O) groups excluding carboxylic acids is 5. The second kappa shape index (κ2) is 33.2. The van der Waals surface area contributed by atoms with Crippen LogP contribution in [0, 0.1) is 35.0 Å². The molecule has 0 radical (unpaired) electrons. The van der Waals surface area contributed by atoms with Gasteiger partial charge in [0.15, 0.2) is 0 Å². The number of amides is 5. The molecule has 4 aliphatic carbocycles. The minimum absolute atomic E-state index is 0.00575. The molecule has 19 rings (SSSR count). The molecule has 676 valence electrons. The summed E-state index contributed by atoms with van der Waals surface area (Å²) in [4.78, 5) is 80.3. The highest BCUT2D eigenvalue weighted by atomic mass is 19.4. The molecule has 5 saturated heterocycles. The van der Waals surface area contributed by atoms with E-state index in [9.17, 15) is 103 Å². The van der Waals surface area contributed by atoms with Gasteiger partial charge in [-0.05, 0) is 267 Å². The lowest BCUT2D eigenvalue weighted by molar-refractivity contribution is -0.139. The molecular weight excluding hydrogens is 1660 g/mol. The highest BCUT2D eigenvalue weighted by Crippen LogP contribution is 2.60. The van der Waals surface area contributed by atoms with Gasteiger partial charge >= 0.3 is 30.9 Å². The van der Waals surface area contributed by atoms with Crippen LogP contribution in [0.25, 0.3) is 0 Å². The predicted octanol–water partition coefficient (Wildman–Crippen LogP) is 19.0. The van der Waals surface area contributed by atoms with Crippen LogP contribution in [0.5, 0.6) is 0 Å². The van der Waals surface area contributed by atoms with Crippen LogP contribution in [0.1, 0.15) is 256 Å². The number of piperidine rings is 4. The zero-order valence-electron chi connectivity index (χ0n) is 71.1. The van der Waals surface area contributed by atoms with Gasteiger partial charge in [0.1, 0.15) is 6.17 Å². The number of hydrogen-bond acceptors (Lipinski definition) is 10. The van der Waals surface area contributed by atoms with Gasteiger partial charge < -0.3 is 24.5 Å². The van der Waals surface area contributed by atoms with Crippen LogP contribution in [0.15, 0.2) is 60.7 Å². The molecule has 33 heteroatoms. The lowest BCUT2D eigenvalue weighted by Gasteiger charge is -2.40. The third kappa shape index (κ3) is 18.7. The van der Waals surface area contributed by atoms with Crippen molar-refractivity contribution in [1.82, 2.24) is 49.0 Å². The van der Waals surface area contributed by atoms with Crippen molar-refractivity contribution in [2.45, 2.75) is 265 Å². The molecule has 15 nitrogen and oxygen atoms in total. The van der Waals surface area contributed by atoms with Crippen LogP contribution in [0.2, 0.25) is 0 Å². The van der Waals surface area contributed by atoms with E-state index >= 15 is 0 Å². The molecule has 6 atom stereocenters. The molecule has 1 spiro atoms. The van der Waals surface area contributed by atoms with E-state index in [2.05, 4.69) is 14.7 Å². The Morgan fingerprint density at radius 3 is 0.919 bits per heavy atom. The molecule has 4 saturated carbocycles. The largest absolute Gasteiger partial charge is 0.416 e. The average molecular weight is 1760 g/mol. The van der Waals surface area contributed by atoms with E-state index in [1.807, 2.05) is 46.4 Å². The standard InChI is InChI=1S/C19H23F3N2O.C18H19F5N2O.C18H22F4N2O.2C18H21F3N2O/c1-11(2)24-10-15-14(18(24)25)6-12(7-16(15)19(20,21)22)9-23-5-3-4-13-8-17(13)23;1-9(2)25-6-12-11(16(25)26)3-10(4-13(12)18(21,22)23)5-24-7-14-15(8-24)17(14,19)20;1-11(2)24-10-15-14(17(24)25)7-12(8-16(15)18(20,21)22)9-23-5-3-13(19)4-6-23;1-10(2)23-9-15-14(17(23)24)3-11(4-16(15)18(19,20)21)6-22-7-12-5-13(12)8-22;1-11(2)23-8-14-13(16(23)24)5-12(6-15(14)18(19,20)21)7-22-9-17(10-22)3-4-17/h6-7,11,13,17H,3-5,8-10H2,1-2H3;3-4,9,14-15H,5-8H2,1-2H3;7-8,11,13H,3-6,9-10H2,1-2H3;3-4,10,12-13H,5-9H2,1-2H3;5-6,11H,3-4,7-10H2,1-2H3. The maximum Gasteiger partial charge on any atom is 0.416 e. The fourth-order valence-electron chi connectivity index (χ4n) is 20.3. The molecule has 5 amide bonds. The van der Waals surface area contributed by atoms with Gasteiger partial charge in [0, 0.05) is 194 Å². The van der Waals surface area contributed by atoms with E-state index < -0.39 is 88.5 Å². The lowest BCUT2D eigenvalue weighted by Crippen LogP contribution is -2.47. The van der Waals surface area contributed by atoms with E-state index in [1.54, 1.807) is 56.9 Å². The molecule has 5 aromatic carbocycles. The van der Waals surface area contributed by atoms with Crippen molar-refractivity contribution in [2.24, 2.45) is 35.0 Å². The summed E-state index contributed by atoms with van der Waals surface area (Å²) in [7, 11) is 0. The third-order valence-electron chi connectivity index (χ3n) is 27.6. The van der Waals surface area contributed by atoms with Gasteiger partial charge in [-0.15, -0.1) is 0 Å². The normalized spacial score (nSPS) is 24.4. The summed E-state index contributed by atoms with van der Waals surface area (Å²) in [6, 6.07) is 13.9. The van der Waals surface area contributed by atoms with E-state index in [-0.39, 0.29) is 162 Å².